The standard InChI is InChI=1S/C16H21F2N3/c1-3-8-19-9-14-10-20-21(15(14)16(17)18)11-13-7-5-4-6-12(13)2/h4-7,10,16,19H,3,8-9,11H2,1-2H3. The molecule has 0 saturated carbocycles. The molecule has 0 spiro atoms. The lowest BCUT2D eigenvalue weighted by Gasteiger charge is -2.11. The molecule has 0 bridgehead atoms. The van der Waals surface area contributed by atoms with Crippen molar-refractivity contribution in [1.29, 1.82) is 0 Å². The number of nitrogens with zero attached hydrogens (tertiary/aromatic N) is 2. The fourth-order valence-electron chi connectivity index (χ4n) is 2.30. The highest BCUT2D eigenvalue weighted by Gasteiger charge is 2.20. The number of rotatable bonds is 7. The van der Waals surface area contributed by atoms with E-state index in [-0.39, 0.29) is 5.69 Å². The van der Waals surface area contributed by atoms with E-state index in [9.17, 15) is 8.78 Å². The minimum Gasteiger partial charge on any atom is -0.313 e. The molecular formula is C16H21F2N3. The second-order valence-corrected chi connectivity index (χ2v) is 5.12. The van der Waals surface area contributed by atoms with Gasteiger partial charge in [0.05, 0.1) is 12.7 Å². The van der Waals surface area contributed by atoms with E-state index in [2.05, 4.69) is 10.4 Å². The normalized spacial score (nSPS) is 11.3. The van der Waals surface area contributed by atoms with Gasteiger partial charge < -0.3 is 5.32 Å². The highest BCUT2D eigenvalue weighted by molar-refractivity contribution is 5.27. The zero-order valence-electron chi connectivity index (χ0n) is 12.4. The molecule has 0 saturated heterocycles. The van der Waals surface area contributed by atoms with Gasteiger partial charge in [0.2, 0.25) is 0 Å². The maximum atomic E-state index is 13.3. The number of alkyl halides is 2. The Hall–Kier alpha value is -1.75. The first-order chi connectivity index (χ1) is 10.1. The van der Waals surface area contributed by atoms with Crippen molar-refractivity contribution in [1.82, 2.24) is 15.1 Å². The van der Waals surface area contributed by atoms with Gasteiger partial charge in [-0.2, -0.15) is 5.10 Å². The average Bonchev–Trinajstić information content (AvgIpc) is 2.85. The minimum absolute atomic E-state index is 0.0156. The van der Waals surface area contributed by atoms with E-state index in [1.807, 2.05) is 38.1 Å². The number of halogens is 2. The van der Waals surface area contributed by atoms with Crippen molar-refractivity contribution < 1.29 is 8.78 Å². The van der Waals surface area contributed by atoms with Gasteiger partial charge in [0.15, 0.2) is 0 Å². The zero-order valence-corrected chi connectivity index (χ0v) is 12.4. The van der Waals surface area contributed by atoms with E-state index in [0.717, 1.165) is 24.1 Å². The van der Waals surface area contributed by atoms with Crippen LogP contribution in [0, 0.1) is 6.92 Å². The van der Waals surface area contributed by atoms with Gasteiger partial charge in [0.25, 0.3) is 6.43 Å². The van der Waals surface area contributed by atoms with E-state index in [0.29, 0.717) is 18.7 Å². The van der Waals surface area contributed by atoms with E-state index in [4.69, 9.17) is 0 Å². The Kier molecular flexibility index (Phi) is 5.44. The van der Waals surface area contributed by atoms with E-state index < -0.39 is 6.43 Å². The molecule has 0 atom stereocenters. The number of benzene rings is 1. The molecule has 0 amide bonds. The molecule has 0 aliphatic heterocycles. The SMILES string of the molecule is CCCNCc1cnn(Cc2ccccc2C)c1C(F)F. The molecule has 2 aromatic rings. The molecule has 0 fully saturated rings. The van der Waals surface area contributed by atoms with Crippen molar-refractivity contribution >= 4 is 0 Å². The maximum absolute atomic E-state index is 13.3. The largest absolute Gasteiger partial charge is 0.313 e. The van der Waals surface area contributed by atoms with Gasteiger partial charge in [-0.1, -0.05) is 31.2 Å². The van der Waals surface area contributed by atoms with Crippen LogP contribution in [0.2, 0.25) is 0 Å². The molecule has 0 unspecified atom stereocenters. The smallest absolute Gasteiger partial charge is 0.280 e. The summed E-state index contributed by atoms with van der Waals surface area (Å²) in [7, 11) is 0. The highest BCUT2D eigenvalue weighted by Crippen LogP contribution is 2.24. The van der Waals surface area contributed by atoms with Crippen LogP contribution in [-0.4, -0.2) is 16.3 Å². The summed E-state index contributed by atoms with van der Waals surface area (Å²) in [6.45, 7) is 5.64. The summed E-state index contributed by atoms with van der Waals surface area (Å²) in [5.74, 6) is 0. The topological polar surface area (TPSA) is 29.9 Å². The van der Waals surface area contributed by atoms with Crippen LogP contribution in [0.5, 0.6) is 0 Å². The van der Waals surface area contributed by atoms with Crippen LogP contribution in [0.25, 0.3) is 0 Å². The Morgan fingerprint density at radius 3 is 2.67 bits per heavy atom. The van der Waals surface area contributed by atoms with Crippen molar-refractivity contribution in [3.05, 3.63) is 52.8 Å². The third kappa shape index (κ3) is 3.88. The first-order valence-corrected chi connectivity index (χ1v) is 7.21. The molecule has 1 aromatic heterocycles. The Morgan fingerprint density at radius 2 is 2.00 bits per heavy atom. The fourth-order valence-corrected chi connectivity index (χ4v) is 2.30. The Bertz CT molecular complexity index is 579. The third-order valence-corrected chi connectivity index (χ3v) is 3.49. The molecule has 2 rings (SSSR count). The lowest BCUT2D eigenvalue weighted by atomic mass is 10.1. The van der Waals surface area contributed by atoms with Gasteiger partial charge in [-0.05, 0) is 31.0 Å². The Morgan fingerprint density at radius 1 is 1.24 bits per heavy atom. The summed E-state index contributed by atoms with van der Waals surface area (Å²) in [6.07, 6.45) is -0.000925. The molecule has 1 aromatic carbocycles. The first-order valence-electron chi connectivity index (χ1n) is 7.21. The molecule has 0 aliphatic carbocycles. The van der Waals surface area contributed by atoms with Crippen molar-refractivity contribution in [2.45, 2.75) is 39.8 Å². The summed E-state index contributed by atoms with van der Waals surface area (Å²) in [5, 5.41) is 7.30. The Labute approximate surface area is 124 Å². The lowest BCUT2D eigenvalue weighted by molar-refractivity contribution is 0.138. The van der Waals surface area contributed by atoms with Gasteiger partial charge in [-0.15, -0.1) is 0 Å². The zero-order chi connectivity index (χ0) is 15.2. The van der Waals surface area contributed by atoms with Crippen LogP contribution in [0.4, 0.5) is 8.78 Å². The molecule has 0 aliphatic rings. The monoisotopic (exact) mass is 293 g/mol. The summed E-state index contributed by atoms with van der Waals surface area (Å²) in [6, 6.07) is 7.78. The second kappa shape index (κ2) is 7.31. The number of hydrogen-bond acceptors (Lipinski definition) is 2. The van der Waals surface area contributed by atoms with E-state index in [1.165, 1.54) is 4.68 Å². The van der Waals surface area contributed by atoms with Crippen molar-refractivity contribution in [3.63, 3.8) is 0 Å². The Balaban J connectivity index is 2.21. The molecule has 114 valence electrons. The predicted molar refractivity (Wildman–Crippen MR) is 79.5 cm³/mol. The quantitative estimate of drug-likeness (QED) is 0.789. The van der Waals surface area contributed by atoms with Gasteiger partial charge in [0, 0.05) is 12.1 Å². The summed E-state index contributed by atoms with van der Waals surface area (Å²) < 4.78 is 28.1. The summed E-state index contributed by atoms with van der Waals surface area (Å²) >= 11 is 0. The van der Waals surface area contributed by atoms with Gasteiger partial charge in [-0.25, -0.2) is 8.78 Å². The van der Waals surface area contributed by atoms with Gasteiger partial charge in [-0.3, -0.25) is 4.68 Å². The van der Waals surface area contributed by atoms with Crippen LogP contribution in [0.15, 0.2) is 30.5 Å². The summed E-state index contributed by atoms with van der Waals surface area (Å²) in [5.41, 5.74) is 2.68. The third-order valence-electron chi connectivity index (χ3n) is 3.49. The van der Waals surface area contributed by atoms with Gasteiger partial charge in [0.1, 0.15) is 5.69 Å². The van der Waals surface area contributed by atoms with E-state index in [1.54, 1.807) is 6.20 Å². The highest BCUT2D eigenvalue weighted by atomic mass is 19.3. The molecular weight excluding hydrogens is 272 g/mol. The number of aromatic nitrogens is 2. The second-order valence-electron chi connectivity index (χ2n) is 5.12. The molecule has 1 N–H and O–H groups in total. The molecule has 1 heterocycles. The fraction of sp³-hybridized carbons (Fsp3) is 0.438. The van der Waals surface area contributed by atoms with Crippen LogP contribution < -0.4 is 5.32 Å². The van der Waals surface area contributed by atoms with Crippen molar-refractivity contribution in [2.75, 3.05) is 6.54 Å². The maximum Gasteiger partial charge on any atom is 0.280 e. The average molecular weight is 293 g/mol. The molecule has 5 heteroatoms. The molecule has 0 radical (unpaired) electrons. The van der Waals surface area contributed by atoms with Gasteiger partial charge >= 0.3 is 0 Å². The molecule has 3 nitrogen and oxygen atoms in total. The number of aryl methyl sites for hydroxylation is 1. The van der Waals surface area contributed by atoms with E-state index >= 15 is 0 Å². The predicted octanol–water partition coefficient (Wildman–Crippen LogP) is 3.68. The van der Waals surface area contributed by atoms with Crippen molar-refractivity contribution in [2.24, 2.45) is 0 Å². The van der Waals surface area contributed by atoms with Crippen LogP contribution in [0.1, 0.15) is 42.2 Å². The van der Waals surface area contributed by atoms with Crippen LogP contribution in [-0.2, 0) is 13.1 Å². The number of hydrogen-bond donors (Lipinski definition) is 1. The van der Waals surface area contributed by atoms with Crippen molar-refractivity contribution in [3.8, 4) is 0 Å². The minimum atomic E-state index is -2.52. The number of nitrogens with one attached hydrogen (secondary N) is 1. The lowest BCUT2D eigenvalue weighted by Crippen LogP contribution is -2.16. The molecule has 21 heavy (non-hydrogen) atoms. The van der Waals surface area contributed by atoms with Crippen LogP contribution >= 0.6 is 0 Å². The van der Waals surface area contributed by atoms with Crippen LogP contribution in [0.3, 0.4) is 0 Å². The first kappa shape index (κ1) is 15.6. The summed E-state index contributed by atoms with van der Waals surface area (Å²) in [4.78, 5) is 0.